The van der Waals surface area contributed by atoms with Crippen LogP contribution in [-0.2, 0) is 28.7 Å². The van der Waals surface area contributed by atoms with Gasteiger partial charge in [-0.25, -0.2) is 13.0 Å². The molecule has 0 saturated carbocycles. The summed E-state index contributed by atoms with van der Waals surface area (Å²) in [6.45, 7) is 4.80. The van der Waals surface area contributed by atoms with Crippen molar-refractivity contribution in [1.82, 2.24) is 14.9 Å². The number of nitrogens with two attached hydrogens (primary N) is 1. The first kappa shape index (κ1) is 37.9. The zero-order valence-corrected chi connectivity index (χ0v) is 28.6. The molecular formula is C33H45N4O8PS. The molecule has 3 rings (SSSR count). The molecule has 0 aliphatic carbocycles. The SMILES string of the molecule is CC(=O)NC(C(=O)NCCCC[C@@H](COP(=O)(O)O)N(CC(C)C)S(=O)(=O)c1ccc(N)cc1)C(c1ccccc1)c1ccccc1. The Labute approximate surface area is 277 Å². The van der Waals surface area contributed by atoms with Crippen molar-refractivity contribution in [3.63, 3.8) is 0 Å². The molecule has 0 radical (unpaired) electrons. The highest BCUT2D eigenvalue weighted by molar-refractivity contribution is 7.89. The van der Waals surface area contributed by atoms with Gasteiger partial charge < -0.3 is 26.2 Å². The maximum atomic E-state index is 13.7. The van der Waals surface area contributed by atoms with E-state index in [9.17, 15) is 32.4 Å². The van der Waals surface area contributed by atoms with E-state index in [1.54, 1.807) is 0 Å². The number of unbranched alkanes of at least 4 members (excludes halogenated alkanes) is 1. The monoisotopic (exact) mass is 688 g/mol. The number of hydrogen-bond acceptors (Lipinski definition) is 7. The number of amides is 2. The first-order chi connectivity index (χ1) is 22.2. The number of hydrogen-bond donors (Lipinski definition) is 5. The summed E-state index contributed by atoms with van der Waals surface area (Å²) in [4.78, 5) is 44.6. The van der Waals surface area contributed by atoms with Gasteiger partial charge >= 0.3 is 7.82 Å². The number of nitrogens with one attached hydrogen (secondary N) is 2. The van der Waals surface area contributed by atoms with E-state index in [-0.39, 0.29) is 42.1 Å². The molecule has 12 nitrogen and oxygen atoms in total. The van der Waals surface area contributed by atoms with Gasteiger partial charge in [-0.2, -0.15) is 4.31 Å². The van der Waals surface area contributed by atoms with Crippen molar-refractivity contribution in [2.75, 3.05) is 25.4 Å². The highest BCUT2D eigenvalue weighted by Crippen LogP contribution is 2.37. The zero-order valence-electron chi connectivity index (χ0n) is 26.9. The summed E-state index contributed by atoms with van der Waals surface area (Å²) in [5.74, 6) is -1.31. The van der Waals surface area contributed by atoms with Crippen LogP contribution in [0.3, 0.4) is 0 Å². The lowest BCUT2D eigenvalue weighted by molar-refractivity contribution is -0.128. The minimum atomic E-state index is -4.90. The number of rotatable bonds is 18. The quantitative estimate of drug-likeness (QED) is 0.0747. The molecule has 0 aromatic heterocycles. The molecule has 0 aliphatic rings. The van der Waals surface area contributed by atoms with Crippen molar-refractivity contribution in [3.8, 4) is 0 Å². The summed E-state index contributed by atoms with van der Waals surface area (Å²) >= 11 is 0. The predicted octanol–water partition coefficient (Wildman–Crippen LogP) is 4.02. The highest BCUT2D eigenvalue weighted by Gasteiger charge is 2.34. The average molecular weight is 689 g/mol. The standard InChI is InChI=1S/C33H45N4O8PS/c1-24(2)22-37(47(43,44)30-19-17-28(34)18-20-30)29(23-45-46(40,41)42)16-10-11-21-35-33(39)32(36-25(3)38)31(26-12-6-4-7-13-26)27-14-8-5-9-15-27/h4-9,12-15,17-20,24,29,31-32H,10-11,16,21-23,34H2,1-3H3,(H,35,39)(H,36,38)(H2,40,41,42)/t29-,32?/m0/s1. The topological polar surface area (TPSA) is 188 Å². The molecule has 0 aliphatic heterocycles. The molecule has 0 saturated heterocycles. The maximum Gasteiger partial charge on any atom is 0.469 e. The summed E-state index contributed by atoms with van der Waals surface area (Å²) in [5, 5.41) is 5.72. The van der Waals surface area contributed by atoms with Gasteiger partial charge in [-0.1, -0.05) is 80.9 Å². The van der Waals surface area contributed by atoms with Crippen LogP contribution in [0.25, 0.3) is 0 Å². The summed E-state index contributed by atoms with van der Waals surface area (Å²) in [5.41, 5.74) is 7.85. The molecule has 2 atom stereocenters. The Morgan fingerprint density at radius 3 is 1.96 bits per heavy atom. The normalized spacial score (nSPS) is 13.4. The van der Waals surface area contributed by atoms with E-state index < -0.39 is 42.5 Å². The van der Waals surface area contributed by atoms with E-state index in [4.69, 9.17) is 10.3 Å². The third-order valence-electron chi connectivity index (χ3n) is 7.43. The molecule has 1 unspecified atom stereocenters. The predicted molar refractivity (Wildman–Crippen MR) is 181 cm³/mol. The van der Waals surface area contributed by atoms with E-state index in [0.29, 0.717) is 18.5 Å². The summed E-state index contributed by atoms with van der Waals surface area (Å²) in [6, 6.07) is 22.8. The van der Waals surface area contributed by atoms with Gasteiger partial charge in [0.05, 0.1) is 11.5 Å². The van der Waals surface area contributed by atoms with Crippen LogP contribution in [-0.4, -0.2) is 66.1 Å². The summed E-state index contributed by atoms with van der Waals surface area (Å²) in [6.07, 6.45) is 1.01. The number of carbonyl (C=O) groups is 2. The Morgan fingerprint density at radius 1 is 0.915 bits per heavy atom. The van der Waals surface area contributed by atoms with E-state index >= 15 is 0 Å². The smallest absolute Gasteiger partial charge is 0.399 e. The van der Waals surface area contributed by atoms with Gasteiger partial charge in [0.25, 0.3) is 0 Å². The van der Waals surface area contributed by atoms with Gasteiger partial charge in [-0.3, -0.25) is 14.1 Å². The number of phosphoric ester groups is 1. The van der Waals surface area contributed by atoms with Crippen LogP contribution in [0.15, 0.2) is 89.8 Å². The fourth-order valence-corrected chi connectivity index (χ4v) is 7.49. The minimum absolute atomic E-state index is 0.00353. The third kappa shape index (κ3) is 11.9. The van der Waals surface area contributed by atoms with Crippen LogP contribution in [0, 0.1) is 5.92 Å². The van der Waals surface area contributed by atoms with E-state index in [0.717, 1.165) is 11.1 Å². The highest BCUT2D eigenvalue weighted by atomic mass is 32.2. The van der Waals surface area contributed by atoms with Gasteiger partial charge in [0.15, 0.2) is 0 Å². The molecule has 0 fully saturated rings. The molecule has 3 aromatic carbocycles. The molecular weight excluding hydrogens is 643 g/mol. The van der Waals surface area contributed by atoms with E-state index in [1.807, 2.05) is 74.5 Å². The van der Waals surface area contributed by atoms with Crippen molar-refractivity contribution < 1.29 is 36.9 Å². The maximum absolute atomic E-state index is 13.7. The van der Waals surface area contributed by atoms with Gasteiger partial charge in [-0.05, 0) is 54.2 Å². The first-order valence-electron chi connectivity index (χ1n) is 15.4. The van der Waals surface area contributed by atoms with Crippen LogP contribution in [0.5, 0.6) is 0 Å². The lowest BCUT2D eigenvalue weighted by Crippen LogP contribution is -2.50. The fourth-order valence-electron chi connectivity index (χ4n) is 5.32. The Hall–Kier alpha value is -3.58. The number of phosphoric acid groups is 1. The molecule has 256 valence electrons. The molecule has 6 N–H and O–H groups in total. The Bertz CT molecular complexity index is 1550. The second-order valence-electron chi connectivity index (χ2n) is 11.7. The number of nitrogen functional groups attached to an aromatic ring is 1. The molecule has 2 amide bonds. The van der Waals surface area contributed by atoms with Crippen molar-refractivity contribution in [2.45, 2.75) is 62.9 Å². The summed E-state index contributed by atoms with van der Waals surface area (Å²) in [7, 11) is -8.98. The van der Waals surface area contributed by atoms with Crippen molar-refractivity contribution in [2.24, 2.45) is 5.92 Å². The Kier molecular flexibility index (Phi) is 14.1. The van der Waals surface area contributed by atoms with Crippen LogP contribution in [0.2, 0.25) is 0 Å². The van der Waals surface area contributed by atoms with Crippen LogP contribution in [0.4, 0.5) is 5.69 Å². The fraction of sp³-hybridized carbons (Fsp3) is 0.394. The van der Waals surface area contributed by atoms with Gasteiger partial charge in [-0.15, -0.1) is 0 Å². The third-order valence-corrected chi connectivity index (χ3v) is 9.85. The molecule has 47 heavy (non-hydrogen) atoms. The molecule has 3 aromatic rings. The van der Waals surface area contributed by atoms with E-state index in [2.05, 4.69) is 10.6 Å². The van der Waals surface area contributed by atoms with Gasteiger partial charge in [0.1, 0.15) is 6.04 Å². The number of carbonyl (C=O) groups excluding carboxylic acids is 2. The van der Waals surface area contributed by atoms with Gasteiger partial charge in [0, 0.05) is 37.7 Å². The second kappa shape index (κ2) is 17.5. The largest absolute Gasteiger partial charge is 0.469 e. The van der Waals surface area contributed by atoms with E-state index in [1.165, 1.54) is 35.5 Å². The number of benzene rings is 3. The Morgan fingerprint density at radius 2 is 1.47 bits per heavy atom. The van der Waals surface area contributed by atoms with Crippen LogP contribution in [0.1, 0.15) is 57.1 Å². The van der Waals surface area contributed by atoms with Crippen LogP contribution >= 0.6 is 7.82 Å². The Balaban J connectivity index is 1.76. The van der Waals surface area contributed by atoms with Crippen LogP contribution < -0.4 is 16.4 Å². The second-order valence-corrected chi connectivity index (χ2v) is 14.9. The van der Waals surface area contributed by atoms with Gasteiger partial charge in [0.2, 0.25) is 21.8 Å². The molecule has 14 heteroatoms. The van der Waals surface area contributed by atoms with Crippen molar-refractivity contribution in [3.05, 3.63) is 96.1 Å². The number of anilines is 1. The first-order valence-corrected chi connectivity index (χ1v) is 18.4. The minimum Gasteiger partial charge on any atom is -0.399 e. The van der Waals surface area contributed by atoms with Crippen molar-refractivity contribution >= 4 is 35.3 Å². The summed E-state index contributed by atoms with van der Waals surface area (Å²) < 4.78 is 45.1. The lowest BCUT2D eigenvalue weighted by Gasteiger charge is -2.32. The number of sulfonamides is 1. The molecule has 0 spiro atoms. The molecule has 0 heterocycles. The van der Waals surface area contributed by atoms with Crippen molar-refractivity contribution in [1.29, 1.82) is 0 Å². The zero-order chi connectivity index (χ0) is 34.6. The molecule has 0 bridgehead atoms. The number of nitrogens with zero attached hydrogens (tertiary/aromatic N) is 1. The lowest BCUT2D eigenvalue weighted by atomic mass is 9.84. The average Bonchev–Trinajstić information content (AvgIpc) is 3.01.